The molecule has 3 rings (SSSR count). The molecular weight excluding hydrogens is 455 g/mol. The van der Waals surface area contributed by atoms with Gasteiger partial charge in [-0.25, -0.2) is 0 Å². The summed E-state index contributed by atoms with van der Waals surface area (Å²) >= 11 is 19.4. The SMILES string of the molecule is CC(Oc1ccccc1Cl)c1nnc(SCC(=O)Nc2cccc(Cl)c2Cl)n1C. The van der Waals surface area contributed by atoms with Crippen LogP contribution < -0.4 is 10.1 Å². The molecule has 2 aromatic carbocycles. The lowest BCUT2D eigenvalue weighted by Crippen LogP contribution is -2.15. The van der Waals surface area contributed by atoms with Gasteiger partial charge >= 0.3 is 0 Å². The zero-order valence-electron chi connectivity index (χ0n) is 15.5. The van der Waals surface area contributed by atoms with Crippen molar-refractivity contribution in [1.29, 1.82) is 0 Å². The molecule has 1 N–H and O–H groups in total. The third-order valence-electron chi connectivity index (χ3n) is 3.93. The summed E-state index contributed by atoms with van der Waals surface area (Å²) in [6.07, 6.45) is -0.374. The van der Waals surface area contributed by atoms with Gasteiger partial charge in [-0.3, -0.25) is 4.79 Å². The number of aromatic nitrogens is 3. The number of carbonyl (C=O) groups is 1. The largest absolute Gasteiger partial charge is 0.481 e. The highest BCUT2D eigenvalue weighted by Gasteiger charge is 2.19. The molecule has 1 aromatic heterocycles. The maximum atomic E-state index is 12.2. The van der Waals surface area contributed by atoms with Gasteiger partial charge in [0, 0.05) is 7.05 Å². The molecule has 29 heavy (non-hydrogen) atoms. The van der Waals surface area contributed by atoms with E-state index in [9.17, 15) is 4.79 Å². The van der Waals surface area contributed by atoms with E-state index in [1.807, 2.05) is 26.1 Å². The zero-order chi connectivity index (χ0) is 21.0. The molecule has 6 nitrogen and oxygen atoms in total. The van der Waals surface area contributed by atoms with E-state index in [0.29, 0.717) is 37.5 Å². The molecule has 0 aliphatic rings. The number of benzene rings is 2. The molecule has 0 radical (unpaired) electrons. The Morgan fingerprint density at radius 2 is 1.86 bits per heavy atom. The van der Waals surface area contributed by atoms with Crippen LogP contribution in [-0.2, 0) is 11.8 Å². The Kier molecular flexibility index (Phi) is 7.29. The van der Waals surface area contributed by atoms with Gasteiger partial charge in [0.25, 0.3) is 0 Å². The van der Waals surface area contributed by atoms with Gasteiger partial charge in [-0.1, -0.05) is 64.8 Å². The lowest BCUT2D eigenvalue weighted by molar-refractivity contribution is -0.113. The molecule has 10 heteroatoms. The first-order valence-electron chi connectivity index (χ1n) is 8.54. The predicted molar refractivity (Wildman–Crippen MR) is 117 cm³/mol. The fraction of sp³-hybridized carbons (Fsp3) is 0.211. The average Bonchev–Trinajstić information content (AvgIpc) is 3.06. The molecular formula is C19H17Cl3N4O2S. The molecule has 1 amide bonds. The van der Waals surface area contributed by atoms with Crippen LogP contribution >= 0.6 is 46.6 Å². The fourth-order valence-corrected chi connectivity index (χ4v) is 3.75. The third kappa shape index (κ3) is 5.36. The van der Waals surface area contributed by atoms with Crippen molar-refractivity contribution < 1.29 is 9.53 Å². The maximum absolute atomic E-state index is 12.2. The standard InChI is InChI=1S/C19H17Cl3N4O2S/c1-11(28-15-9-4-3-6-12(15)20)18-24-25-19(26(18)2)29-10-16(27)23-14-8-5-7-13(21)17(14)22/h3-9,11H,10H2,1-2H3,(H,23,27). The minimum atomic E-state index is -0.374. The molecule has 0 aliphatic carbocycles. The Morgan fingerprint density at radius 1 is 1.14 bits per heavy atom. The second-order valence-corrected chi connectivity index (χ2v) is 8.16. The Bertz CT molecular complexity index is 1030. The Morgan fingerprint density at radius 3 is 2.62 bits per heavy atom. The zero-order valence-corrected chi connectivity index (χ0v) is 18.6. The van der Waals surface area contributed by atoms with Crippen LogP contribution in [0, 0.1) is 0 Å². The van der Waals surface area contributed by atoms with E-state index in [4.69, 9.17) is 39.5 Å². The van der Waals surface area contributed by atoms with E-state index in [2.05, 4.69) is 15.5 Å². The Balaban J connectivity index is 1.61. The number of nitrogens with one attached hydrogen (secondary N) is 1. The van der Waals surface area contributed by atoms with Crippen molar-refractivity contribution in [2.75, 3.05) is 11.1 Å². The molecule has 1 atom stereocenters. The van der Waals surface area contributed by atoms with Crippen molar-refractivity contribution in [3.05, 3.63) is 63.4 Å². The van der Waals surface area contributed by atoms with Crippen LogP contribution in [0.5, 0.6) is 5.75 Å². The van der Waals surface area contributed by atoms with E-state index >= 15 is 0 Å². The number of hydrogen-bond acceptors (Lipinski definition) is 5. The summed E-state index contributed by atoms with van der Waals surface area (Å²) in [5, 5.41) is 12.9. The van der Waals surface area contributed by atoms with E-state index in [1.54, 1.807) is 34.9 Å². The van der Waals surface area contributed by atoms with Crippen LogP contribution in [0.1, 0.15) is 18.9 Å². The number of ether oxygens (including phenoxy) is 1. The average molecular weight is 472 g/mol. The Hall–Kier alpha value is -1.93. The molecule has 3 aromatic rings. The number of amides is 1. The molecule has 1 unspecified atom stereocenters. The summed E-state index contributed by atoms with van der Waals surface area (Å²) in [7, 11) is 1.82. The van der Waals surface area contributed by atoms with Crippen LogP contribution in [0.25, 0.3) is 0 Å². The van der Waals surface area contributed by atoms with Gasteiger partial charge in [0.05, 0.1) is 26.5 Å². The number of para-hydroxylation sites is 1. The summed E-state index contributed by atoms with van der Waals surface area (Å²) < 4.78 is 7.67. The van der Waals surface area contributed by atoms with Gasteiger partial charge in [0.2, 0.25) is 5.91 Å². The molecule has 0 bridgehead atoms. The third-order valence-corrected chi connectivity index (χ3v) is 6.08. The van der Waals surface area contributed by atoms with E-state index < -0.39 is 0 Å². The van der Waals surface area contributed by atoms with Crippen LogP contribution in [0.2, 0.25) is 15.1 Å². The van der Waals surface area contributed by atoms with Gasteiger partial charge < -0.3 is 14.6 Å². The molecule has 1 heterocycles. The van der Waals surface area contributed by atoms with Crippen LogP contribution in [0.15, 0.2) is 47.6 Å². The lowest BCUT2D eigenvalue weighted by Gasteiger charge is -2.15. The highest BCUT2D eigenvalue weighted by Crippen LogP contribution is 2.31. The van der Waals surface area contributed by atoms with Crippen molar-refractivity contribution in [2.24, 2.45) is 7.05 Å². The quantitative estimate of drug-likeness (QED) is 0.451. The number of nitrogens with zero attached hydrogens (tertiary/aromatic N) is 3. The molecule has 0 saturated carbocycles. The van der Waals surface area contributed by atoms with Gasteiger partial charge in [0.15, 0.2) is 17.1 Å². The predicted octanol–water partition coefficient (Wildman–Crippen LogP) is 5.65. The smallest absolute Gasteiger partial charge is 0.234 e. The van der Waals surface area contributed by atoms with Crippen molar-refractivity contribution in [2.45, 2.75) is 18.2 Å². The second-order valence-electron chi connectivity index (χ2n) is 6.03. The van der Waals surface area contributed by atoms with Crippen molar-refractivity contribution in [3.63, 3.8) is 0 Å². The molecule has 152 valence electrons. The normalized spacial score (nSPS) is 11.9. The molecule has 0 spiro atoms. The van der Waals surface area contributed by atoms with Gasteiger partial charge in [-0.15, -0.1) is 10.2 Å². The summed E-state index contributed by atoms with van der Waals surface area (Å²) in [6, 6.07) is 12.3. The number of thioether (sulfide) groups is 1. The van der Waals surface area contributed by atoms with E-state index in [0.717, 1.165) is 0 Å². The Labute approximate surface area is 187 Å². The van der Waals surface area contributed by atoms with Crippen LogP contribution in [-0.4, -0.2) is 26.4 Å². The van der Waals surface area contributed by atoms with Crippen LogP contribution in [0.4, 0.5) is 5.69 Å². The summed E-state index contributed by atoms with van der Waals surface area (Å²) in [5.41, 5.74) is 0.463. The minimum Gasteiger partial charge on any atom is -0.481 e. The second kappa shape index (κ2) is 9.71. The van der Waals surface area contributed by atoms with Crippen molar-refractivity contribution in [1.82, 2.24) is 14.8 Å². The lowest BCUT2D eigenvalue weighted by atomic mass is 10.3. The van der Waals surface area contributed by atoms with Crippen molar-refractivity contribution in [3.8, 4) is 5.75 Å². The minimum absolute atomic E-state index is 0.133. The maximum Gasteiger partial charge on any atom is 0.234 e. The highest BCUT2D eigenvalue weighted by atomic mass is 35.5. The number of rotatable bonds is 7. The molecule has 0 aliphatic heterocycles. The van der Waals surface area contributed by atoms with Crippen LogP contribution in [0.3, 0.4) is 0 Å². The summed E-state index contributed by atoms with van der Waals surface area (Å²) in [6.45, 7) is 1.86. The highest BCUT2D eigenvalue weighted by molar-refractivity contribution is 7.99. The first kappa shape index (κ1) is 21.8. The topological polar surface area (TPSA) is 69.0 Å². The first-order chi connectivity index (χ1) is 13.9. The first-order valence-corrected chi connectivity index (χ1v) is 10.7. The number of halogens is 3. The monoisotopic (exact) mass is 470 g/mol. The fourth-order valence-electron chi connectivity index (χ4n) is 2.51. The number of carbonyl (C=O) groups excluding carboxylic acids is 1. The van der Waals surface area contributed by atoms with Gasteiger partial charge in [0.1, 0.15) is 5.75 Å². The van der Waals surface area contributed by atoms with E-state index in [1.165, 1.54) is 11.8 Å². The number of anilines is 1. The number of hydrogen-bond donors (Lipinski definition) is 1. The van der Waals surface area contributed by atoms with E-state index in [-0.39, 0.29) is 17.8 Å². The summed E-state index contributed by atoms with van der Waals surface area (Å²) in [5.74, 6) is 1.08. The molecule has 0 fully saturated rings. The molecule has 0 saturated heterocycles. The van der Waals surface area contributed by atoms with Gasteiger partial charge in [-0.05, 0) is 31.2 Å². The van der Waals surface area contributed by atoms with Gasteiger partial charge in [-0.2, -0.15) is 0 Å². The van der Waals surface area contributed by atoms with Crippen molar-refractivity contribution >= 4 is 58.2 Å². The summed E-state index contributed by atoms with van der Waals surface area (Å²) in [4.78, 5) is 12.2.